The number of carbonyl (C=O) groups excluding carboxylic acids is 2. The van der Waals surface area contributed by atoms with E-state index in [0.29, 0.717) is 0 Å². The molecule has 4 atom stereocenters. The molecule has 1 fully saturated rings. The Morgan fingerprint density at radius 2 is 1.69 bits per heavy atom. The Morgan fingerprint density at radius 1 is 1.19 bits per heavy atom. The second kappa shape index (κ2) is 5.12. The van der Waals surface area contributed by atoms with Gasteiger partial charge >= 0.3 is 11.9 Å². The van der Waals surface area contributed by atoms with Crippen LogP contribution < -0.4 is 0 Å². The molecule has 1 aliphatic heterocycles. The van der Waals surface area contributed by atoms with Crippen LogP contribution >= 0.6 is 0 Å². The van der Waals surface area contributed by atoms with Crippen LogP contribution in [0.3, 0.4) is 0 Å². The van der Waals surface area contributed by atoms with E-state index >= 15 is 0 Å². The van der Waals surface area contributed by atoms with Gasteiger partial charge in [0.15, 0.2) is 0 Å². The molecule has 0 N–H and O–H groups in total. The van der Waals surface area contributed by atoms with Crippen LogP contribution in [0.4, 0.5) is 0 Å². The van der Waals surface area contributed by atoms with Crippen LogP contribution in [0, 0.1) is 11.8 Å². The van der Waals surface area contributed by atoms with E-state index in [1.807, 2.05) is 0 Å². The molecule has 0 amide bonds. The van der Waals surface area contributed by atoms with Crippen LogP contribution in [-0.4, -0.2) is 38.4 Å². The van der Waals surface area contributed by atoms with Crippen molar-refractivity contribution in [2.24, 2.45) is 11.8 Å². The van der Waals surface area contributed by atoms with Crippen molar-refractivity contribution < 1.29 is 23.8 Å². The highest BCUT2D eigenvalue weighted by Crippen LogP contribution is 2.34. The Kier molecular flexibility index (Phi) is 4.06. The second-order valence-electron chi connectivity index (χ2n) is 3.64. The first-order chi connectivity index (χ1) is 7.56. The third kappa shape index (κ3) is 2.09. The van der Waals surface area contributed by atoms with Gasteiger partial charge in [0, 0.05) is 0 Å². The van der Waals surface area contributed by atoms with Crippen LogP contribution in [-0.2, 0) is 23.8 Å². The minimum Gasteiger partial charge on any atom is -0.469 e. The highest BCUT2D eigenvalue weighted by Gasteiger charge is 2.50. The predicted molar refractivity (Wildman–Crippen MR) is 55.5 cm³/mol. The quantitative estimate of drug-likeness (QED) is 0.521. The zero-order valence-corrected chi connectivity index (χ0v) is 9.64. The summed E-state index contributed by atoms with van der Waals surface area (Å²) in [6.07, 6.45) is 0.604. The monoisotopic (exact) mass is 228 g/mol. The molecular formula is C11H16O5. The highest BCUT2D eigenvalue weighted by molar-refractivity contribution is 5.83. The maximum atomic E-state index is 11.6. The molecule has 0 radical (unpaired) electrons. The standard InChI is InChI=1S/C11H16O5/c1-5-7-9(11(13)15-4)8(6(2)16-7)10(12)14-3/h5-9H,1H2,2-4H3. The third-order valence-corrected chi connectivity index (χ3v) is 2.80. The Labute approximate surface area is 94.4 Å². The lowest BCUT2D eigenvalue weighted by Gasteiger charge is -2.17. The van der Waals surface area contributed by atoms with E-state index in [1.54, 1.807) is 6.92 Å². The fourth-order valence-electron chi connectivity index (χ4n) is 2.01. The second-order valence-corrected chi connectivity index (χ2v) is 3.64. The average molecular weight is 228 g/mol. The molecule has 0 spiro atoms. The van der Waals surface area contributed by atoms with Crippen LogP contribution in [0.15, 0.2) is 12.7 Å². The molecule has 1 aliphatic rings. The molecule has 5 nitrogen and oxygen atoms in total. The lowest BCUT2D eigenvalue weighted by Crippen LogP contribution is -2.35. The normalized spacial score (nSPS) is 33.2. The Morgan fingerprint density at radius 3 is 2.12 bits per heavy atom. The summed E-state index contributed by atoms with van der Waals surface area (Å²) in [5, 5.41) is 0. The van der Waals surface area contributed by atoms with Crippen LogP contribution in [0.2, 0.25) is 0 Å². The summed E-state index contributed by atoms with van der Waals surface area (Å²) in [5.41, 5.74) is 0. The number of ether oxygens (including phenoxy) is 3. The topological polar surface area (TPSA) is 61.8 Å². The Bertz CT molecular complexity index is 299. The highest BCUT2D eigenvalue weighted by atomic mass is 16.5. The van der Waals surface area contributed by atoms with E-state index in [2.05, 4.69) is 16.1 Å². The summed E-state index contributed by atoms with van der Waals surface area (Å²) in [6.45, 7) is 5.30. The predicted octanol–water partition coefficient (Wildman–Crippen LogP) is 0.538. The van der Waals surface area contributed by atoms with E-state index in [4.69, 9.17) is 4.74 Å². The molecule has 16 heavy (non-hydrogen) atoms. The van der Waals surface area contributed by atoms with Gasteiger partial charge in [0.1, 0.15) is 5.92 Å². The Hall–Kier alpha value is -1.36. The van der Waals surface area contributed by atoms with Crippen molar-refractivity contribution in [3.05, 3.63) is 12.7 Å². The molecule has 0 aromatic rings. The first-order valence-electron chi connectivity index (χ1n) is 5.00. The number of esters is 2. The van der Waals surface area contributed by atoms with E-state index in [0.717, 1.165) is 0 Å². The molecule has 0 aliphatic carbocycles. The lowest BCUT2D eigenvalue weighted by atomic mass is 9.87. The van der Waals surface area contributed by atoms with Gasteiger partial charge in [-0.05, 0) is 6.92 Å². The molecule has 1 heterocycles. The summed E-state index contributed by atoms with van der Waals surface area (Å²) in [7, 11) is 2.56. The van der Waals surface area contributed by atoms with Crippen molar-refractivity contribution in [1.82, 2.24) is 0 Å². The maximum Gasteiger partial charge on any atom is 0.312 e. The number of rotatable bonds is 3. The molecular weight excluding hydrogens is 212 g/mol. The maximum absolute atomic E-state index is 11.6. The van der Waals surface area contributed by atoms with Crippen LogP contribution in [0.25, 0.3) is 0 Å². The van der Waals surface area contributed by atoms with Gasteiger partial charge in [-0.25, -0.2) is 0 Å². The fourth-order valence-corrected chi connectivity index (χ4v) is 2.01. The summed E-state index contributed by atoms with van der Waals surface area (Å²) >= 11 is 0. The molecule has 0 aromatic carbocycles. The first-order valence-corrected chi connectivity index (χ1v) is 5.00. The van der Waals surface area contributed by atoms with Gasteiger partial charge in [0.2, 0.25) is 0 Å². The van der Waals surface area contributed by atoms with Crippen LogP contribution in [0.1, 0.15) is 6.92 Å². The van der Waals surface area contributed by atoms with E-state index in [9.17, 15) is 9.59 Å². The van der Waals surface area contributed by atoms with Crippen molar-refractivity contribution in [3.63, 3.8) is 0 Å². The summed E-state index contributed by atoms with van der Waals surface area (Å²) in [4.78, 5) is 23.2. The van der Waals surface area contributed by atoms with Crippen molar-refractivity contribution >= 4 is 11.9 Å². The molecule has 5 heteroatoms. The van der Waals surface area contributed by atoms with Crippen molar-refractivity contribution in [2.45, 2.75) is 19.1 Å². The summed E-state index contributed by atoms with van der Waals surface area (Å²) < 4.78 is 14.8. The molecule has 0 saturated carbocycles. The summed E-state index contributed by atoms with van der Waals surface area (Å²) in [6, 6.07) is 0. The van der Waals surface area contributed by atoms with E-state index in [-0.39, 0.29) is 6.10 Å². The van der Waals surface area contributed by atoms with Crippen molar-refractivity contribution in [2.75, 3.05) is 14.2 Å². The largest absolute Gasteiger partial charge is 0.469 e. The lowest BCUT2D eigenvalue weighted by molar-refractivity contribution is -0.156. The molecule has 4 unspecified atom stereocenters. The molecule has 90 valence electrons. The van der Waals surface area contributed by atoms with Crippen LogP contribution in [0.5, 0.6) is 0 Å². The summed E-state index contributed by atoms with van der Waals surface area (Å²) in [5.74, 6) is -2.26. The minimum atomic E-state index is -0.676. The number of hydrogen-bond acceptors (Lipinski definition) is 5. The van der Waals surface area contributed by atoms with Gasteiger partial charge in [-0.15, -0.1) is 6.58 Å². The van der Waals surface area contributed by atoms with Crippen molar-refractivity contribution in [1.29, 1.82) is 0 Å². The zero-order chi connectivity index (χ0) is 12.3. The minimum absolute atomic E-state index is 0.389. The van der Waals surface area contributed by atoms with E-state index < -0.39 is 29.9 Å². The van der Waals surface area contributed by atoms with E-state index in [1.165, 1.54) is 20.3 Å². The number of carbonyl (C=O) groups is 2. The van der Waals surface area contributed by atoms with Crippen molar-refractivity contribution in [3.8, 4) is 0 Å². The van der Waals surface area contributed by atoms with Gasteiger partial charge in [-0.3, -0.25) is 9.59 Å². The van der Waals surface area contributed by atoms with Gasteiger partial charge < -0.3 is 14.2 Å². The number of methoxy groups -OCH3 is 2. The van der Waals surface area contributed by atoms with Gasteiger partial charge in [0.05, 0.1) is 32.3 Å². The first kappa shape index (κ1) is 12.7. The van der Waals surface area contributed by atoms with Gasteiger partial charge in [0.25, 0.3) is 0 Å². The Balaban J connectivity index is 2.98. The average Bonchev–Trinajstić information content (AvgIpc) is 2.64. The zero-order valence-electron chi connectivity index (χ0n) is 9.64. The van der Waals surface area contributed by atoms with Gasteiger partial charge in [-0.2, -0.15) is 0 Å². The molecule has 1 rings (SSSR count). The molecule has 1 saturated heterocycles. The molecule has 0 bridgehead atoms. The molecule has 0 aromatic heterocycles. The number of hydrogen-bond donors (Lipinski definition) is 0. The third-order valence-electron chi connectivity index (χ3n) is 2.80. The SMILES string of the molecule is C=CC1OC(C)C(C(=O)OC)C1C(=O)OC. The smallest absolute Gasteiger partial charge is 0.312 e. The van der Waals surface area contributed by atoms with Gasteiger partial charge in [-0.1, -0.05) is 6.08 Å². The fraction of sp³-hybridized carbons (Fsp3) is 0.636.